The Labute approximate surface area is 88.2 Å². The number of hydrogen-bond acceptors (Lipinski definition) is 4. The Morgan fingerprint density at radius 2 is 2.07 bits per heavy atom. The van der Waals surface area contributed by atoms with Gasteiger partial charge in [0.25, 0.3) is 0 Å². The van der Waals surface area contributed by atoms with Crippen molar-refractivity contribution in [3.63, 3.8) is 0 Å². The van der Waals surface area contributed by atoms with E-state index >= 15 is 0 Å². The number of aryl methyl sites for hydroxylation is 2. The first-order valence-electron chi connectivity index (χ1n) is 4.93. The zero-order valence-electron chi connectivity index (χ0n) is 9.35. The lowest BCUT2D eigenvalue weighted by molar-refractivity contribution is 0.518. The number of hydrogen-bond donors (Lipinski definition) is 0. The van der Waals surface area contributed by atoms with E-state index in [-0.39, 0.29) is 0 Å². The van der Waals surface area contributed by atoms with Crippen LogP contribution in [-0.4, -0.2) is 19.7 Å². The van der Waals surface area contributed by atoms with Crippen molar-refractivity contribution in [1.29, 1.82) is 0 Å². The summed E-state index contributed by atoms with van der Waals surface area (Å²) in [5.41, 5.74) is 0.849. The number of rotatable bonds is 2. The molecule has 2 heterocycles. The summed E-state index contributed by atoms with van der Waals surface area (Å²) < 4.78 is 7.48. The van der Waals surface area contributed by atoms with Gasteiger partial charge in [0.05, 0.1) is 5.69 Å². The lowest BCUT2D eigenvalue weighted by Gasteiger charge is -2.07. The van der Waals surface area contributed by atoms with Crippen molar-refractivity contribution in [1.82, 2.24) is 19.7 Å². The Kier molecular flexibility index (Phi) is 2.30. The molecule has 0 aliphatic carbocycles. The number of oxazole rings is 1. The van der Waals surface area contributed by atoms with Gasteiger partial charge in [-0.2, -0.15) is 0 Å². The Balaban J connectivity index is 2.54. The second kappa shape index (κ2) is 3.49. The molecule has 5 nitrogen and oxygen atoms in total. The largest absolute Gasteiger partial charge is 0.437 e. The molecule has 0 saturated carbocycles. The van der Waals surface area contributed by atoms with Crippen LogP contribution < -0.4 is 0 Å². The van der Waals surface area contributed by atoms with E-state index in [4.69, 9.17) is 4.42 Å². The molecular formula is C10H14N4O. The van der Waals surface area contributed by atoms with E-state index in [1.807, 2.05) is 18.4 Å². The minimum Gasteiger partial charge on any atom is -0.437 e. The summed E-state index contributed by atoms with van der Waals surface area (Å²) in [5, 5.41) is 7.96. The monoisotopic (exact) mass is 206 g/mol. The molecule has 0 amide bonds. The molecule has 2 rings (SSSR count). The third kappa shape index (κ3) is 1.65. The van der Waals surface area contributed by atoms with Crippen molar-refractivity contribution in [3.8, 4) is 11.6 Å². The quantitative estimate of drug-likeness (QED) is 0.755. The van der Waals surface area contributed by atoms with Crippen molar-refractivity contribution in [2.45, 2.75) is 33.7 Å². The van der Waals surface area contributed by atoms with Crippen LogP contribution in [-0.2, 0) is 0 Å². The highest BCUT2D eigenvalue weighted by Gasteiger charge is 2.17. The molecule has 0 N–H and O–H groups in total. The molecule has 0 spiro atoms. The summed E-state index contributed by atoms with van der Waals surface area (Å²) in [6.45, 7) is 7.88. The number of nitrogens with zero attached hydrogens (tertiary/aromatic N) is 4. The molecule has 80 valence electrons. The van der Waals surface area contributed by atoms with Gasteiger partial charge in [0, 0.05) is 13.0 Å². The minimum absolute atomic E-state index is 0.305. The van der Waals surface area contributed by atoms with Crippen LogP contribution in [0.15, 0.2) is 10.7 Å². The maximum Gasteiger partial charge on any atom is 0.201 e. The molecule has 0 aliphatic heterocycles. The van der Waals surface area contributed by atoms with Gasteiger partial charge in [-0.05, 0) is 20.8 Å². The van der Waals surface area contributed by atoms with Gasteiger partial charge < -0.3 is 8.98 Å². The average Bonchev–Trinajstić information content (AvgIpc) is 2.71. The first-order valence-corrected chi connectivity index (χ1v) is 4.93. The molecule has 0 atom stereocenters. The molecule has 0 saturated heterocycles. The lowest BCUT2D eigenvalue weighted by atomic mass is 10.3. The van der Waals surface area contributed by atoms with Gasteiger partial charge in [0.2, 0.25) is 5.82 Å². The fraction of sp³-hybridized carbons (Fsp3) is 0.500. The second-order valence-corrected chi connectivity index (χ2v) is 3.80. The van der Waals surface area contributed by atoms with Crippen LogP contribution in [0.5, 0.6) is 0 Å². The summed E-state index contributed by atoms with van der Waals surface area (Å²) >= 11 is 0. The average molecular weight is 206 g/mol. The van der Waals surface area contributed by atoms with Crippen LogP contribution in [0.1, 0.15) is 31.5 Å². The van der Waals surface area contributed by atoms with Gasteiger partial charge in [-0.25, -0.2) is 4.98 Å². The molecule has 2 aromatic rings. The van der Waals surface area contributed by atoms with Gasteiger partial charge in [-0.3, -0.25) is 0 Å². The van der Waals surface area contributed by atoms with Crippen LogP contribution in [0.3, 0.4) is 0 Å². The zero-order valence-corrected chi connectivity index (χ0v) is 9.35. The highest BCUT2D eigenvalue weighted by Crippen LogP contribution is 2.24. The molecule has 0 aromatic carbocycles. The summed E-state index contributed by atoms with van der Waals surface area (Å²) in [6, 6.07) is 0.305. The van der Waals surface area contributed by atoms with E-state index in [0.717, 1.165) is 11.5 Å². The highest BCUT2D eigenvalue weighted by atomic mass is 16.4. The number of aromatic nitrogens is 4. The summed E-state index contributed by atoms with van der Waals surface area (Å²) in [4.78, 5) is 4.22. The first-order chi connectivity index (χ1) is 7.09. The predicted octanol–water partition coefficient (Wildman–Crippen LogP) is 2.13. The SMILES string of the molecule is Cc1nc(C)c(-c2nncn2C(C)C)o1. The lowest BCUT2D eigenvalue weighted by Crippen LogP contribution is -2.01. The van der Waals surface area contributed by atoms with Crippen LogP contribution in [0.4, 0.5) is 0 Å². The van der Waals surface area contributed by atoms with Gasteiger partial charge in [-0.15, -0.1) is 10.2 Å². The zero-order chi connectivity index (χ0) is 11.0. The van der Waals surface area contributed by atoms with Crippen LogP contribution >= 0.6 is 0 Å². The Morgan fingerprint density at radius 1 is 1.33 bits per heavy atom. The normalized spacial score (nSPS) is 11.3. The molecule has 0 fully saturated rings. The maximum atomic E-state index is 5.52. The highest BCUT2D eigenvalue weighted by molar-refractivity contribution is 5.50. The third-order valence-corrected chi connectivity index (χ3v) is 2.24. The molecule has 15 heavy (non-hydrogen) atoms. The van der Waals surface area contributed by atoms with Crippen molar-refractivity contribution in [2.24, 2.45) is 0 Å². The Morgan fingerprint density at radius 3 is 2.60 bits per heavy atom. The van der Waals surface area contributed by atoms with Gasteiger partial charge in [0.1, 0.15) is 6.33 Å². The van der Waals surface area contributed by atoms with Crippen molar-refractivity contribution in [2.75, 3.05) is 0 Å². The maximum absolute atomic E-state index is 5.52. The van der Waals surface area contributed by atoms with Crippen molar-refractivity contribution < 1.29 is 4.42 Å². The fourth-order valence-corrected chi connectivity index (χ4v) is 1.52. The fourth-order valence-electron chi connectivity index (χ4n) is 1.52. The summed E-state index contributed by atoms with van der Waals surface area (Å²) in [6.07, 6.45) is 1.71. The molecular weight excluding hydrogens is 192 g/mol. The topological polar surface area (TPSA) is 56.7 Å². The molecule has 0 unspecified atom stereocenters. The smallest absolute Gasteiger partial charge is 0.201 e. The molecule has 0 aliphatic rings. The summed E-state index contributed by atoms with van der Waals surface area (Å²) in [5.74, 6) is 2.10. The third-order valence-electron chi connectivity index (χ3n) is 2.24. The molecule has 2 aromatic heterocycles. The van der Waals surface area contributed by atoms with Crippen molar-refractivity contribution in [3.05, 3.63) is 17.9 Å². The van der Waals surface area contributed by atoms with E-state index in [2.05, 4.69) is 29.0 Å². The van der Waals surface area contributed by atoms with E-state index in [0.29, 0.717) is 17.7 Å². The second-order valence-electron chi connectivity index (χ2n) is 3.80. The van der Waals surface area contributed by atoms with Gasteiger partial charge in [0.15, 0.2) is 11.7 Å². The van der Waals surface area contributed by atoms with Gasteiger partial charge >= 0.3 is 0 Å². The van der Waals surface area contributed by atoms with E-state index in [9.17, 15) is 0 Å². The molecule has 0 bridgehead atoms. The van der Waals surface area contributed by atoms with E-state index < -0.39 is 0 Å². The molecule has 0 radical (unpaired) electrons. The van der Waals surface area contributed by atoms with Gasteiger partial charge in [-0.1, -0.05) is 0 Å². The predicted molar refractivity (Wildman–Crippen MR) is 55.4 cm³/mol. The first kappa shape index (κ1) is 9.89. The molecule has 5 heteroatoms. The van der Waals surface area contributed by atoms with Crippen LogP contribution in [0.2, 0.25) is 0 Å². The van der Waals surface area contributed by atoms with Crippen LogP contribution in [0.25, 0.3) is 11.6 Å². The van der Waals surface area contributed by atoms with E-state index in [1.165, 1.54) is 0 Å². The Hall–Kier alpha value is -1.65. The van der Waals surface area contributed by atoms with Crippen molar-refractivity contribution >= 4 is 0 Å². The summed E-state index contributed by atoms with van der Waals surface area (Å²) in [7, 11) is 0. The minimum atomic E-state index is 0.305. The van der Waals surface area contributed by atoms with E-state index in [1.54, 1.807) is 6.33 Å². The standard InChI is InChI=1S/C10H14N4O/c1-6(2)14-5-11-13-10(14)9-7(3)12-8(4)15-9/h5-6H,1-4H3. The Bertz CT molecular complexity index is 469. The van der Waals surface area contributed by atoms with Crippen LogP contribution in [0, 0.1) is 13.8 Å².